The summed E-state index contributed by atoms with van der Waals surface area (Å²) in [5, 5.41) is 0. The predicted octanol–water partition coefficient (Wildman–Crippen LogP) is 1.93. The molecule has 2 N–H and O–H groups in total. The lowest BCUT2D eigenvalue weighted by atomic mass is 9.82. The molecule has 4 nitrogen and oxygen atoms in total. The Kier molecular flexibility index (Phi) is 4.49. The van der Waals surface area contributed by atoms with E-state index in [-0.39, 0.29) is 22.8 Å². The molecule has 4 heteroatoms. The van der Waals surface area contributed by atoms with Crippen molar-refractivity contribution in [1.82, 2.24) is 9.80 Å². The minimum Gasteiger partial charge on any atom is -0.368 e. The third-order valence-electron chi connectivity index (χ3n) is 5.43. The normalized spacial score (nSPS) is 34.3. The Morgan fingerprint density at radius 2 is 1.52 bits per heavy atom. The Morgan fingerprint density at radius 3 is 1.90 bits per heavy atom. The molecule has 2 rings (SSSR count). The predicted molar refractivity (Wildman–Crippen MR) is 88.5 cm³/mol. The SMILES string of the molecule is CC1(C)OC(C)(C)C(CN2CCN(C(C)(C)C)CC2)C1N. The Labute approximate surface area is 131 Å². The van der Waals surface area contributed by atoms with Gasteiger partial charge in [0.1, 0.15) is 0 Å². The zero-order chi connectivity index (χ0) is 16.1. The molecular formula is C17H35N3O. The molecule has 0 amide bonds. The fourth-order valence-corrected chi connectivity index (χ4v) is 3.95. The van der Waals surface area contributed by atoms with Gasteiger partial charge in [0.05, 0.1) is 11.2 Å². The van der Waals surface area contributed by atoms with Gasteiger partial charge in [0, 0.05) is 50.2 Å². The third-order valence-corrected chi connectivity index (χ3v) is 5.43. The molecule has 0 spiro atoms. The summed E-state index contributed by atoms with van der Waals surface area (Å²) >= 11 is 0. The number of nitrogens with two attached hydrogens (primary N) is 1. The first kappa shape index (κ1) is 17.2. The molecule has 2 saturated heterocycles. The number of ether oxygens (including phenoxy) is 1. The first-order valence-electron chi connectivity index (χ1n) is 8.37. The number of hydrogen-bond donors (Lipinski definition) is 1. The van der Waals surface area contributed by atoms with Crippen LogP contribution in [0.4, 0.5) is 0 Å². The molecule has 0 aliphatic carbocycles. The Bertz CT molecular complexity index is 365. The maximum atomic E-state index is 6.48. The smallest absolute Gasteiger partial charge is 0.0788 e. The molecule has 2 aliphatic heterocycles. The monoisotopic (exact) mass is 297 g/mol. The van der Waals surface area contributed by atoms with Crippen molar-refractivity contribution < 1.29 is 4.74 Å². The molecule has 0 saturated carbocycles. The van der Waals surface area contributed by atoms with Crippen molar-refractivity contribution in [2.45, 2.75) is 71.2 Å². The van der Waals surface area contributed by atoms with Gasteiger partial charge >= 0.3 is 0 Å². The second kappa shape index (κ2) is 5.48. The lowest BCUT2D eigenvalue weighted by molar-refractivity contribution is -0.0795. The summed E-state index contributed by atoms with van der Waals surface area (Å²) in [5.41, 5.74) is 6.41. The molecule has 0 radical (unpaired) electrons. The summed E-state index contributed by atoms with van der Waals surface area (Å²) < 4.78 is 6.22. The highest BCUT2D eigenvalue weighted by Gasteiger charge is 2.52. The van der Waals surface area contributed by atoms with E-state index in [4.69, 9.17) is 10.5 Å². The van der Waals surface area contributed by atoms with Crippen molar-refractivity contribution in [2.75, 3.05) is 32.7 Å². The van der Waals surface area contributed by atoms with Gasteiger partial charge < -0.3 is 15.4 Å². The van der Waals surface area contributed by atoms with Crippen molar-refractivity contribution in [3.63, 3.8) is 0 Å². The molecule has 2 heterocycles. The largest absolute Gasteiger partial charge is 0.368 e. The van der Waals surface area contributed by atoms with E-state index in [1.807, 2.05) is 0 Å². The molecular weight excluding hydrogens is 262 g/mol. The highest BCUT2D eigenvalue weighted by Crippen LogP contribution is 2.41. The fraction of sp³-hybridized carbons (Fsp3) is 1.00. The van der Waals surface area contributed by atoms with E-state index < -0.39 is 0 Å². The number of piperazine rings is 1. The van der Waals surface area contributed by atoms with Gasteiger partial charge in [-0.25, -0.2) is 0 Å². The van der Waals surface area contributed by atoms with Crippen LogP contribution >= 0.6 is 0 Å². The lowest BCUT2D eigenvalue weighted by Crippen LogP contribution is -2.56. The van der Waals surface area contributed by atoms with Crippen LogP contribution in [0.25, 0.3) is 0 Å². The molecule has 0 bridgehead atoms. The van der Waals surface area contributed by atoms with Gasteiger partial charge in [-0.2, -0.15) is 0 Å². The van der Waals surface area contributed by atoms with E-state index >= 15 is 0 Å². The van der Waals surface area contributed by atoms with Gasteiger partial charge in [-0.1, -0.05) is 0 Å². The molecule has 21 heavy (non-hydrogen) atoms. The Hall–Kier alpha value is -0.160. The second-order valence-corrected chi connectivity index (χ2v) is 8.90. The standard InChI is InChI=1S/C17H35N3O/c1-15(2,3)20-10-8-19(9-11-20)12-13-14(18)17(6,7)21-16(13,4)5/h13-14H,8-12,18H2,1-7H3. The third kappa shape index (κ3) is 3.61. The van der Waals surface area contributed by atoms with E-state index in [1.54, 1.807) is 0 Å². The zero-order valence-electron chi connectivity index (χ0n) is 15.1. The van der Waals surface area contributed by atoms with Gasteiger partial charge in [-0.05, 0) is 48.5 Å². The maximum Gasteiger partial charge on any atom is 0.0788 e. The van der Waals surface area contributed by atoms with E-state index in [0.717, 1.165) is 32.7 Å². The van der Waals surface area contributed by atoms with E-state index in [9.17, 15) is 0 Å². The van der Waals surface area contributed by atoms with Crippen LogP contribution in [-0.2, 0) is 4.74 Å². The average Bonchev–Trinajstić information content (AvgIpc) is 2.47. The summed E-state index contributed by atoms with van der Waals surface area (Å²) in [5.74, 6) is 0.397. The topological polar surface area (TPSA) is 41.7 Å². The van der Waals surface area contributed by atoms with Crippen LogP contribution in [-0.4, -0.2) is 65.3 Å². The minimum atomic E-state index is -0.221. The van der Waals surface area contributed by atoms with Gasteiger partial charge in [-0.15, -0.1) is 0 Å². The highest BCUT2D eigenvalue weighted by molar-refractivity contribution is 5.05. The van der Waals surface area contributed by atoms with E-state index in [2.05, 4.69) is 58.3 Å². The van der Waals surface area contributed by atoms with Crippen LogP contribution in [0.15, 0.2) is 0 Å². The molecule has 0 aromatic carbocycles. The van der Waals surface area contributed by atoms with Crippen LogP contribution in [0.3, 0.4) is 0 Å². The molecule has 124 valence electrons. The summed E-state index contributed by atoms with van der Waals surface area (Å²) in [6.07, 6.45) is 0. The van der Waals surface area contributed by atoms with Crippen LogP contribution in [0.2, 0.25) is 0 Å². The van der Waals surface area contributed by atoms with Crippen LogP contribution in [0, 0.1) is 5.92 Å². The van der Waals surface area contributed by atoms with Crippen LogP contribution in [0.5, 0.6) is 0 Å². The Morgan fingerprint density at radius 1 is 1.00 bits per heavy atom. The molecule has 2 atom stereocenters. The number of hydrogen-bond acceptors (Lipinski definition) is 4. The van der Waals surface area contributed by atoms with Crippen molar-refractivity contribution in [3.8, 4) is 0 Å². The lowest BCUT2D eigenvalue weighted by Gasteiger charge is -2.43. The highest BCUT2D eigenvalue weighted by atomic mass is 16.5. The summed E-state index contributed by atoms with van der Waals surface area (Å²) in [6, 6.07) is 0.105. The summed E-state index contributed by atoms with van der Waals surface area (Å²) in [7, 11) is 0. The van der Waals surface area contributed by atoms with Crippen molar-refractivity contribution >= 4 is 0 Å². The summed E-state index contributed by atoms with van der Waals surface area (Å²) in [4.78, 5) is 5.14. The van der Waals surface area contributed by atoms with Gasteiger partial charge in [0.2, 0.25) is 0 Å². The first-order valence-corrected chi connectivity index (χ1v) is 8.37. The minimum absolute atomic E-state index is 0.105. The number of rotatable bonds is 2. The molecule has 2 aliphatic rings. The maximum absolute atomic E-state index is 6.48. The van der Waals surface area contributed by atoms with Crippen molar-refractivity contribution in [3.05, 3.63) is 0 Å². The molecule has 2 unspecified atom stereocenters. The zero-order valence-corrected chi connectivity index (χ0v) is 15.1. The number of nitrogens with zero attached hydrogens (tertiary/aromatic N) is 2. The van der Waals surface area contributed by atoms with Gasteiger partial charge in [-0.3, -0.25) is 4.90 Å². The molecule has 0 aromatic rings. The molecule has 2 fully saturated rings. The van der Waals surface area contributed by atoms with Gasteiger partial charge in [0.15, 0.2) is 0 Å². The summed E-state index contributed by atoms with van der Waals surface area (Å²) in [6.45, 7) is 21.2. The van der Waals surface area contributed by atoms with Crippen molar-refractivity contribution in [2.24, 2.45) is 11.7 Å². The van der Waals surface area contributed by atoms with Crippen molar-refractivity contribution in [1.29, 1.82) is 0 Å². The molecule has 0 aromatic heterocycles. The fourth-order valence-electron chi connectivity index (χ4n) is 3.95. The van der Waals surface area contributed by atoms with E-state index in [0.29, 0.717) is 5.92 Å². The van der Waals surface area contributed by atoms with Gasteiger partial charge in [0.25, 0.3) is 0 Å². The van der Waals surface area contributed by atoms with E-state index in [1.165, 1.54) is 0 Å². The second-order valence-electron chi connectivity index (χ2n) is 8.90. The first-order chi connectivity index (χ1) is 9.43. The Balaban J connectivity index is 1.94. The average molecular weight is 297 g/mol. The van der Waals surface area contributed by atoms with Crippen LogP contribution < -0.4 is 5.73 Å². The van der Waals surface area contributed by atoms with Crippen LogP contribution in [0.1, 0.15) is 48.5 Å². The quantitative estimate of drug-likeness (QED) is 0.846.